The van der Waals surface area contributed by atoms with Crippen LogP contribution in [0.25, 0.3) is 33.1 Å². The second-order valence-corrected chi connectivity index (χ2v) is 15.3. The Morgan fingerprint density at radius 2 is 1.96 bits per heavy atom. The van der Waals surface area contributed by atoms with Gasteiger partial charge in [0.05, 0.1) is 23.7 Å². The molecular formula is C36H40ClF2N7O4. The van der Waals surface area contributed by atoms with Crippen molar-refractivity contribution < 1.29 is 27.7 Å². The summed E-state index contributed by atoms with van der Waals surface area (Å²) in [5.74, 6) is 0.369. The number of aromatic nitrogens is 5. The third-order valence-corrected chi connectivity index (χ3v) is 11.9. The number of ether oxygens (including phenoxy) is 4. The van der Waals surface area contributed by atoms with E-state index in [2.05, 4.69) is 9.80 Å². The SMILES string of the molecule is Fc1c(-c2c(C3CC3)c(Cl)cc3nn(C4CCCCO4)cc23)nc2c3c(nc(OC[C@@]45CCCN4C[C@H](F)C5)nc13)N1CCCOC[C@H]1CO2. The van der Waals surface area contributed by atoms with Crippen LogP contribution in [0.3, 0.4) is 0 Å². The van der Waals surface area contributed by atoms with E-state index in [0.29, 0.717) is 66.6 Å². The molecular weight excluding hydrogens is 668 g/mol. The van der Waals surface area contributed by atoms with Gasteiger partial charge in [0.2, 0.25) is 5.88 Å². The predicted octanol–water partition coefficient (Wildman–Crippen LogP) is 6.35. The highest BCUT2D eigenvalue weighted by Gasteiger charge is 2.49. The standard InChI is InChI=1S/C36H40ClF2N7O4/c37-24-13-25-23(16-46(43-25)26-5-1-2-12-48-26)28(27(24)20-6-7-20)31-30(39)32-29-33(45-10-4-11-47-17-22(45)18-49-34(29)40-31)42-35(41-32)50-19-36-8-3-9-44(36)15-21(38)14-36/h13,16,20-22,26H,1-12,14-15,17-19H2/t21-,22+,26?,36+/m1/s1. The van der Waals surface area contributed by atoms with Gasteiger partial charge >= 0.3 is 6.01 Å². The van der Waals surface area contributed by atoms with Crippen LogP contribution in [-0.4, -0.2) is 100 Å². The van der Waals surface area contributed by atoms with Crippen molar-refractivity contribution >= 4 is 39.2 Å². The number of alkyl halides is 1. The van der Waals surface area contributed by atoms with Crippen molar-refractivity contribution in [3.63, 3.8) is 0 Å². The van der Waals surface area contributed by atoms with Crippen LogP contribution in [0, 0.1) is 5.82 Å². The Bertz CT molecular complexity index is 1990. The summed E-state index contributed by atoms with van der Waals surface area (Å²) in [5.41, 5.74) is 1.91. The molecule has 0 bridgehead atoms. The second kappa shape index (κ2) is 12.1. The molecule has 6 aliphatic rings. The molecule has 10 rings (SSSR count). The van der Waals surface area contributed by atoms with E-state index < -0.39 is 17.5 Å². The first kappa shape index (κ1) is 31.4. The van der Waals surface area contributed by atoms with Gasteiger partial charge in [-0.25, -0.2) is 18.4 Å². The van der Waals surface area contributed by atoms with Crippen molar-refractivity contribution in [2.24, 2.45) is 0 Å². The summed E-state index contributed by atoms with van der Waals surface area (Å²) in [4.78, 5) is 18.9. The van der Waals surface area contributed by atoms with E-state index >= 15 is 4.39 Å². The average Bonchev–Trinajstić information content (AvgIpc) is 3.75. The van der Waals surface area contributed by atoms with Gasteiger partial charge in [-0.3, -0.25) is 4.90 Å². The van der Waals surface area contributed by atoms with Gasteiger partial charge in [0, 0.05) is 54.9 Å². The number of anilines is 1. The molecule has 8 heterocycles. The zero-order chi connectivity index (χ0) is 33.6. The van der Waals surface area contributed by atoms with E-state index in [9.17, 15) is 4.39 Å². The van der Waals surface area contributed by atoms with Crippen LogP contribution < -0.4 is 14.4 Å². The first-order chi connectivity index (χ1) is 24.5. The molecule has 1 unspecified atom stereocenters. The summed E-state index contributed by atoms with van der Waals surface area (Å²) in [6.45, 7) is 4.13. The van der Waals surface area contributed by atoms with E-state index in [1.165, 1.54) is 0 Å². The van der Waals surface area contributed by atoms with Gasteiger partial charge in [0.25, 0.3) is 0 Å². The fourth-order valence-electron chi connectivity index (χ4n) is 8.99. The molecule has 1 aliphatic carbocycles. The monoisotopic (exact) mass is 707 g/mol. The Morgan fingerprint density at radius 1 is 1.04 bits per heavy atom. The number of benzene rings is 1. The number of hydrogen-bond donors (Lipinski definition) is 0. The minimum absolute atomic E-state index is 0.0600. The van der Waals surface area contributed by atoms with Gasteiger partial charge in [-0.15, -0.1) is 0 Å². The van der Waals surface area contributed by atoms with E-state index in [0.717, 1.165) is 68.9 Å². The molecule has 4 atom stereocenters. The van der Waals surface area contributed by atoms with Gasteiger partial charge in [-0.1, -0.05) is 11.6 Å². The van der Waals surface area contributed by atoms with Gasteiger partial charge in [0.1, 0.15) is 48.0 Å². The molecule has 1 saturated carbocycles. The molecule has 4 aromatic rings. The minimum atomic E-state index is -0.894. The molecule has 5 fully saturated rings. The molecule has 11 nitrogen and oxygen atoms in total. The lowest BCUT2D eigenvalue weighted by atomic mass is 9.95. The molecule has 0 N–H and O–H groups in total. The number of rotatable bonds is 6. The van der Waals surface area contributed by atoms with Crippen LogP contribution in [0.4, 0.5) is 14.6 Å². The third-order valence-electron chi connectivity index (χ3n) is 11.6. The molecule has 14 heteroatoms. The van der Waals surface area contributed by atoms with E-state index in [-0.39, 0.29) is 54.5 Å². The van der Waals surface area contributed by atoms with Crippen LogP contribution in [-0.2, 0) is 9.47 Å². The van der Waals surface area contributed by atoms with E-state index in [1.807, 2.05) is 16.9 Å². The zero-order valence-corrected chi connectivity index (χ0v) is 28.6. The fourth-order valence-corrected chi connectivity index (χ4v) is 9.34. The Balaban J connectivity index is 1.16. The maximum absolute atomic E-state index is 17.5. The fraction of sp³-hybridized carbons (Fsp3) is 0.611. The highest BCUT2D eigenvalue weighted by atomic mass is 35.5. The zero-order valence-electron chi connectivity index (χ0n) is 27.9. The van der Waals surface area contributed by atoms with Gasteiger partial charge < -0.3 is 23.8 Å². The summed E-state index contributed by atoms with van der Waals surface area (Å²) in [6, 6.07) is 1.77. The molecule has 0 radical (unpaired) electrons. The van der Waals surface area contributed by atoms with Crippen molar-refractivity contribution in [2.45, 2.75) is 87.7 Å². The van der Waals surface area contributed by atoms with Crippen molar-refractivity contribution in [3.8, 4) is 23.1 Å². The quantitative estimate of drug-likeness (QED) is 0.225. The summed E-state index contributed by atoms with van der Waals surface area (Å²) >= 11 is 7.02. The maximum atomic E-state index is 17.5. The first-order valence-electron chi connectivity index (χ1n) is 18.2. The summed E-state index contributed by atoms with van der Waals surface area (Å²) < 4.78 is 58.8. The lowest BCUT2D eigenvalue weighted by Gasteiger charge is -2.31. The van der Waals surface area contributed by atoms with Gasteiger partial charge in [0.15, 0.2) is 5.82 Å². The van der Waals surface area contributed by atoms with Crippen LogP contribution in [0.2, 0.25) is 5.02 Å². The smallest absolute Gasteiger partial charge is 0.319 e. The van der Waals surface area contributed by atoms with E-state index in [1.54, 1.807) is 0 Å². The summed E-state index contributed by atoms with van der Waals surface area (Å²) in [5, 5.41) is 6.58. The predicted molar refractivity (Wildman–Crippen MR) is 182 cm³/mol. The highest BCUT2D eigenvalue weighted by molar-refractivity contribution is 6.33. The highest BCUT2D eigenvalue weighted by Crippen LogP contribution is 2.52. The molecule has 0 spiro atoms. The third kappa shape index (κ3) is 5.13. The van der Waals surface area contributed by atoms with Crippen molar-refractivity contribution in [2.75, 3.05) is 57.6 Å². The van der Waals surface area contributed by atoms with Crippen molar-refractivity contribution in [1.29, 1.82) is 0 Å². The molecule has 4 saturated heterocycles. The number of pyridine rings is 1. The lowest BCUT2D eigenvalue weighted by Crippen LogP contribution is -2.43. The minimum Gasteiger partial charge on any atom is -0.475 e. The molecule has 50 heavy (non-hydrogen) atoms. The normalized spacial score (nSPS) is 28.4. The number of halogens is 3. The Kier molecular flexibility index (Phi) is 7.59. The van der Waals surface area contributed by atoms with Gasteiger partial charge in [-0.05, 0) is 75.5 Å². The Labute approximate surface area is 293 Å². The maximum Gasteiger partial charge on any atom is 0.319 e. The second-order valence-electron chi connectivity index (χ2n) is 14.9. The van der Waals surface area contributed by atoms with Crippen LogP contribution in [0.1, 0.15) is 75.5 Å². The van der Waals surface area contributed by atoms with Crippen LogP contribution in [0.15, 0.2) is 12.3 Å². The number of hydrogen-bond acceptors (Lipinski definition) is 10. The van der Waals surface area contributed by atoms with E-state index in [4.69, 9.17) is 50.6 Å². The molecule has 5 aliphatic heterocycles. The van der Waals surface area contributed by atoms with Gasteiger partial charge in [-0.2, -0.15) is 15.1 Å². The Hall–Kier alpha value is -3.39. The van der Waals surface area contributed by atoms with Crippen molar-refractivity contribution in [3.05, 3.63) is 28.7 Å². The first-order valence-corrected chi connectivity index (χ1v) is 18.6. The molecule has 264 valence electrons. The van der Waals surface area contributed by atoms with Crippen LogP contribution >= 0.6 is 11.6 Å². The summed E-state index contributed by atoms with van der Waals surface area (Å²) in [6.07, 6.45) is 8.69. The van der Waals surface area contributed by atoms with Crippen molar-refractivity contribution in [1.82, 2.24) is 29.6 Å². The largest absolute Gasteiger partial charge is 0.475 e. The lowest BCUT2D eigenvalue weighted by molar-refractivity contribution is -0.0390. The molecule has 0 amide bonds. The average molecular weight is 708 g/mol. The van der Waals surface area contributed by atoms with Crippen LogP contribution in [0.5, 0.6) is 11.9 Å². The Morgan fingerprint density at radius 3 is 2.82 bits per heavy atom. The molecule has 1 aromatic carbocycles. The number of nitrogens with zero attached hydrogens (tertiary/aromatic N) is 7. The summed E-state index contributed by atoms with van der Waals surface area (Å²) in [7, 11) is 0. The molecule has 3 aromatic heterocycles. The number of fused-ring (bicyclic) bond motifs is 4. The topological polar surface area (TPSA) is 99.9 Å².